The Hall–Kier alpha value is -2.47. The van der Waals surface area contributed by atoms with Crippen molar-refractivity contribution in [1.29, 1.82) is 0 Å². The second-order valence-electron chi connectivity index (χ2n) is 5.55. The summed E-state index contributed by atoms with van der Waals surface area (Å²) in [5.74, 6) is 6.84. The van der Waals surface area contributed by atoms with E-state index >= 15 is 0 Å². The molecule has 5 nitrogen and oxygen atoms in total. The minimum atomic E-state index is -3.86. The third-order valence-electron chi connectivity index (χ3n) is 3.69. The normalized spacial score (nSPS) is 10.7. The standard InChI is InChI=1S/C20H16BrNO4S2/c1-25-18-12-17(21)20(13-19(18)26-2)28(23,24)22-15-6-3-5-14(11-15)8-9-16-7-4-10-27-16/h3-7,10-13,22H,1-2H3. The van der Waals surface area contributed by atoms with E-state index in [1.54, 1.807) is 35.6 Å². The van der Waals surface area contributed by atoms with Crippen molar-refractivity contribution in [2.24, 2.45) is 0 Å². The van der Waals surface area contributed by atoms with Crippen LogP contribution in [0.4, 0.5) is 5.69 Å². The smallest absolute Gasteiger partial charge is 0.263 e. The van der Waals surface area contributed by atoms with Crippen LogP contribution in [0.1, 0.15) is 10.4 Å². The highest BCUT2D eigenvalue weighted by Gasteiger charge is 2.21. The molecule has 0 amide bonds. The highest BCUT2D eigenvalue weighted by molar-refractivity contribution is 9.10. The Bertz CT molecular complexity index is 1150. The molecule has 8 heteroatoms. The summed E-state index contributed by atoms with van der Waals surface area (Å²) in [4.78, 5) is 0.987. The van der Waals surface area contributed by atoms with E-state index in [1.807, 2.05) is 23.6 Å². The molecule has 3 rings (SSSR count). The van der Waals surface area contributed by atoms with Gasteiger partial charge in [0.1, 0.15) is 4.90 Å². The zero-order valence-corrected chi connectivity index (χ0v) is 18.2. The van der Waals surface area contributed by atoms with Gasteiger partial charge < -0.3 is 9.47 Å². The molecule has 1 N–H and O–H groups in total. The van der Waals surface area contributed by atoms with Gasteiger partial charge in [0, 0.05) is 16.1 Å². The van der Waals surface area contributed by atoms with Crippen LogP contribution in [-0.4, -0.2) is 22.6 Å². The average Bonchev–Trinajstić information content (AvgIpc) is 3.19. The third-order valence-corrected chi connectivity index (χ3v) is 6.82. The molecule has 28 heavy (non-hydrogen) atoms. The maximum absolute atomic E-state index is 12.9. The van der Waals surface area contributed by atoms with Crippen LogP contribution in [0.25, 0.3) is 0 Å². The molecular formula is C20H16BrNO4S2. The minimum Gasteiger partial charge on any atom is -0.493 e. The van der Waals surface area contributed by atoms with Crippen LogP contribution < -0.4 is 14.2 Å². The van der Waals surface area contributed by atoms with Crippen molar-refractivity contribution in [3.8, 4) is 23.3 Å². The SMILES string of the molecule is COc1cc(Br)c(S(=O)(=O)Nc2cccc(C#Cc3cccs3)c2)cc1OC. The predicted octanol–water partition coefficient (Wildman–Crippen LogP) is 4.73. The van der Waals surface area contributed by atoms with E-state index in [1.165, 1.54) is 20.3 Å². The molecule has 144 valence electrons. The number of rotatable bonds is 5. The Balaban J connectivity index is 1.90. The Morgan fingerprint density at radius 2 is 1.75 bits per heavy atom. The van der Waals surface area contributed by atoms with Crippen molar-refractivity contribution in [3.63, 3.8) is 0 Å². The van der Waals surface area contributed by atoms with Crippen molar-refractivity contribution in [1.82, 2.24) is 0 Å². The summed E-state index contributed by atoms with van der Waals surface area (Å²) in [6.07, 6.45) is 0. The number of thiophene rings is 1. The Kier molecular flexibility index (Phi) is 6.29. The molecule has 1 heterocycles. The topological polar surface area (TPSA) is 64.6 Å². The molecule has 0 saturated heterocycles. The number of hydrogen-bond acceptors (Lipinski definition) is 5. The molecule has 0 bridgehead atoms. The van der Waals surface area contributed by atoms with Crippen LogP contribution in [-0.2, 0) is 10.0 Å². The first-order valence-electron chi connectivity index (χ1n) is 8.03. The van der Waals surface area contributed by atoms with Gasteiger partial charge in [0.2, 0.25) is 0 Å². The molecule has 0 fully saturated rings. The number of anilines is 1. The molecule has 1 aromatic heterocycles. The molecule has 0 atom stereocenters. The molecule has 0 radical (unpaired) electrons. The van der Waals surface area contributed by atoms with Gasteiger partial charge >= 0.3 is 0 Å². The first kappa shape index (κ1) is 20.3. The van der Waals surface area contributed by atoms with E-state index in [-0.39, 0.29) is 4.90 Å². The van der Waals surface area contributed by atoms with Crippen LogP contribution in [0.2, 0.25) is 0 Å². The van der Waals surface area contributed by atoms with Crippen molar-refractivity contribution < 1.29 is 17.9 Å². The summed E-state index contributed by atoms with van der Waals surface area (Å²) in [7, 11) is -0.920. The Morgan fingerprint density at radius 1 is 1.00 bits per heavy atom. The summed E-state index contributed by atoms with van der Waals surface area (Å²) >= 11 is 4.84. The van der Waals surface area contributed by atoms with Gasteiger partial charge in [-0.3, -0.25) is 4.72 Å². The lowest BCUT2D eigenvalue weighted by Crippen LogP contribution is -2.14. The van der Waals surface area contributed by atoms with Crippen molar-refractivity contribution in [2.45, 2.75) is 4.90 Å². The number of benzene rings is 2. The summed E-state index contributed by atoms with van der Waals surface area (Å²) in [5, 5.41) is 1.95. The van der Waals surface area contributed by atoms with Gasteiger partial charge in [-0.1, -0.05) is 24.0 Å². The minimum absolute atomic E-state index is 0.0419. The number of hydrogen-bond donors (Lipinski definition) is 1. The fourth-order valence-electron chi connectivity index (χ4n) is 2.40. The number of nitrogens with one attached hydrogen (secondary N) is 1. The number of ether oxygens (including phenoxy) is 2. The van der Waals surface area contributed by atoms with E-state index < -0.39 is 10.0 Å². The fourth-order valence-corrected chi connectivity index (χ4v) is 5.05. The maximum atomic E-state index is 12.9. The highest BCUT2D eigenvalue weighted by atomic mass is 79.9. The second-order valence-corrected chi connectivity index (χ2v) is 9.00. The second kappa shape index (κ2) is 8.69. The number of halogens is 1. The first-order chi connectivity index (χ1) is 13.4. The van der Waals surface area contributed by atoms with Gasteiger partial charge in [-0.05, 0) is 51.6 Å². The first-order valence-corrected chi connectivity index (χ1v) is 11.2. The fraction of sp³-hybridized carbons (Fsp3) is 0.100. The van der Waals surface area contributed by atoms with Gasteiger partial charge in [-0.25, -0.2) is 8.42 Å². The van der Waals surface area contributed by atoms with Gasteiger partial charge in [0.25, 0.3) is 10.0 Å². The molecule has 0 saturated carbocycles. The lowest BCUT2D eigenvalue weighted by molar-refractivity contribution is 0.353. The van der Waals surface area contributed by atoms with E-state index in [0.717, 1.165) is 4.88 Å². The van der Waals surface area contributed by atoms with E-state index in [9.17, 15) is 8.42 Å². The van der Waals surface area contributed by atoms with E-state index in [2.05, 4.69) is 32.5 Å². The van der Waals surface area contributed by atoms with Gasteiger partial charge in [0.05, 0.1) is 24.8 Å². The van der Waals surface area contributed by atoms with Crippen LogP contribution in [0.15, 0.2) is 63.3 Å². The van der Waals surface area contributed by atoms with Crippen LogP contribution in [0.5, 0.6) is 11.5 Å². The lowest BCUT2D eigenvalue weighted by Gasteiger charge is -2.13. The van der Waals surface area contributed by atoms with Gasteiger partial charge in [-0.2, -0.15) is 0 Å². The van der Waals surface area contributed by atoms with Crippen LogP contribution in [0, 0.1) is 11.8 Å². The lowest BCUT2D eigenvalue weighted by atomic mass is 10.2. The van der Waals surface area contributed by atoms with Gasteiger partial charge in [-0.15, -0.1) is 11.3 Å². The van der Waals surface area contributed by atoms with Crippen LogP contribution >= 0.6 is 27.3 Å². The number of methoxy groups -OCH3 is 2. The van der Waals surface area contributed by atoms with E-state index in [0.29, 0.717) is 27.2 Å². The Labute approximate surface area is 176 Å². The summed E-state index contributed by atoms with van der Waals surface area (Å²) in [5.41, 5.74) is 1.12. The zero-order chi connectivity index (χ0) is 20.1. The maximum Gasteiger partial charge on any atom is 0.263 e. The largest absolute Gasteiger partial charge is 0.493 e. The van der Waals surface area contributed by atoms with Gasteiger partial charge in [0.15, 0.2) is 11.5 Å². The molecule has 0 aliphatic rings. The molecule has 0 spiro atoms. The molecular weight excluding hydrogens is 462 g/mol. The highest BCUT2D eigenvalue weighted by Crippen LogP contribution is 2.36. The van der Waals surface area contributed by atoms with E-state index in [4.69, 9.17) is 9.47 Å². The summed E-state index contributed by atoms with van der Waals surface area (Å²) < 4.78 is 39.1. The third kappa shape index (κ3) is 4.68. The molecule has 3 aromatic rings. The summed E-state index contributed by atoms with van der Waals surface area (Å²) in [6.45, 7) is 0. The quantitative estimate of drug-likeness (QED) is 0.539. The summed E-state index contributed by atoms with van der Waals surface area (Å²) in [6, 6.07) is 13.8. The monoisotopic (exact) mass is 477 g/mol. The number of sulfonamides is 1. The zero-order valence-electron chi connectivity index (χ0n) is 15.0. The van der Waals surface area contributed by atoms with Crippen molar-refractivity contribution in [3.05, 3.63) is 68.8 Å². The van der Waals surface area contributed by atoms with Crippen molar-refractivity contribution in [2.75, 3.05) is 18.9 Å². The predicted molar refractivity (Wildman–Crippen MR) is 115 cm³/mol. The molecule has 0 unspecified atom stereocenters. The van der Waals surface area contributed by atoms with Crippen molar-refractivity contribution >= 4 is 43.0 Å². The van der Waals surface area contributed by atoms with Crippen LogP contribution in [0.3, 0.4) is 0 Å². The average molecular weight is 478 g/mol. The molecule has 0 aliphatic heterocycles. The molecule has 2 aromatic carbocycles. The molecule has 0 aliphatic carbocycles. The Morgan fingerprint density at radius 3 is 2.43 bits per heavy atom.